The van der Waals surface area contributed by atoms with Gasteiger partial charge in [-0.25, -0.2) is 26.3 Å². The zero-order chi connectivity index (χ0) is 30.8. The molecule has 0 aliphatic carbocycles. The first kappa shape index (κ1) is 31.2. The Morgan fingerprint density at radius 2 is 1.81 bits per heavy atom. The third kappa shape index (κ3) is 6.51. The first-order valence-corrected chi connectivity index (χ1v) is 18.2. The van der Waals surface area contributed by atoms with Crippen molar-refractivity contribution in [3.63, 3.8) is 0 Å². The minimum Gasteiger partial charge on any atom is -0.392 e. The van der Waals surface area contributed by atoms with Crippen LogP contribution in [0.25, 0.3) is 22.0 Å². The molecule has 0 spiro atoms. The number of halogens is 3. The fraction of sp³-hybridized carbons (Fsp3) is 0.286. The van der Waals surface area contributed by atoms with Crippen LogP contribution in [0, 0.1) is 17.5 Å². The number of carbonyl (C=O) groups excluding carboxylic acids is 1. The summed E-state index contributed by atoms with van der Waals surface area (Å²) < 4.78 is 81.7. The van der Waals surface area contributed by atoms with Crippen LogP contribution in [0.4, 0.5) is 18.9 Å². The Morgan fingerprint density at radius 1 is 1.07 bits per heavy atom. The minimum absolute atomic E-state index is 0.0979. The Hall–Kier alpha value is -3.72. The number of carbonyl (C=O) groups is 1. The normalized spacial score (nSPS) is 12.1. The van der Waals surface area contributed by atoms with E-state index in [1.165, 1.54) is 37.4 Å². The number of nitrogens with one attached hydrogen (secondary N) is 2. The summed E-state index contributed by atoms with van der Waals surface area (Å²) in [4.78, 5) is 12.2. The molecular formula is C28H31F3N4O5SSi. The van der Waals surface area contributed by atoms with E-state index in [2.05, 4.69) is 34.8 Å². The molecule has 4 aromatic rings. The molecule has 0 atom stereocenters. The molecule has 0 radical (unpaired) electrons. The van der Waals surface area contributed by atoms with Gasteiger partial charge in [0.1, 0.15) is 18.1 Å². The smallest absolute Gasteiger partial charge is 0.272 e. The monoisotopic (exact) mass is 620 g/mol. The van der Waals surface area contributed by atoms with Gasteiger partial charge in [0.25, 0.3) is 15.9 Å². The van der Waals surface area contributed by atoms with Gasteiger partial charge in [0.15, 0.2) is 17.3 Å². The first-order chi connectivity index (χ1) is 19.8. The molecule has 0 aliphatic heterocycles. The lowest BCUT2D eigenvalue weighted by Gasteiger charge is -2.16. The number of aliphatic hydroxyl groups excluding tert-OH is 1. The van der Waals surface area contributed by atoms with Crippen LogP contribution in [0.15, 0.2) is 53.4 Å². The summed E-state index contributed by atoms with van der Waals surface area (Å²) >= 11 is 0. The molecule has 9 nitrogen and oxygen atoms in total. The molecule has 3 aromatic carbocycles. The highest BCUT2D eigenvalue weighted by Crippen LogP contribution is 2.36. The first-order valence-electron chi connectivity index (χ1n) is 13.0. The standard InChI is InChI=1S/C28H31F3N4O5SSi/c1-32-28(37)26-20-9-8-19(24(30)27(20)35(33-26)16-40-12-13-42(2,3)4)23-21(29)10-11-22(25(23)31)34-41(38,39)18-7-5-6-17(14-18)15-36/h5-11,14,34,36H,12-13,15-16H2,1-4H3,(H,32,37). The molecule has 3 N–H and O–H groups in total. The summed E-state index contributed by atoms with van der Waals surface area (Å²) in [6.45, 7) is 6.24. The molecule has 0 fully saturated rings. The van der Waals surface area contributed by atoms with E-state index in [1.807, 2.05) is 0 Å². The van der Waals surface area contributed by atoms with Crippen LogP contribution in [0.2, 0.25) is 25.7 Å². The van der Waals surface area contributed by atoms with Gasteiger partial charge in [0, 0.05) is 32.7 Å². The average molecular weight is 621 g/mol. The second kappa shape index (κ2) is 12.3. The zero-order valence-corrected chi connectivity index (χ0v) is 25.3. The fourth-order valence-electron chi connectivity index (χ4n) is 4.23. The van der Waals surface area contributed by atoms with Gasteiger partial charge in [0.2, 0.25) is 0 Å². The number of amides is 1. The van der Waals surface area contributed by atoms with Crippen LogP contribution in [-0.4, -0.2) is 50.9 Å². The van der Waals surface area contributed by atoms with Gasteiger partial charge in [0.05, 0.1) is 22.8 Å². The SMILES string of the molecule is CNC(=O)c1nn(COCC[Si](C)(C)C)c2c(F)c(-c3c(F)ccc(NS(=O)(=O)c4cccc(CO)c4)c3F)ccc12. The highest BCUT2D eigenvalue weighted by Gasteiger charge is 2.27. The molecule has 42 heavy (non-hydrogen) atoms. The number of benzene rings is 3. The number of nitrogens with zero attached hydrogens (tertiary/aromatic N) is 2. The molecular weight excluding hydrogens is 589 g/mol. The van der Waals surface area contributed by atoms with E-state index in [1.54, 1.807) is 0 Å². The summed E-state index contributed by atoms with van der Waals surface area (Å²) in [6, 6.07) is 10.3. The Labute approximate surface area is 242 Å². The van der Waals surface area contributed by atoms with Gasteiger partial charge in [-0.2, -0.15) is 5.10 Å². The quantitative estimate of drug-likeness (QED) is 0.159. The molecule has 0 bridgehead atoms. The van der Waals surface area contributed by atoms with Crippen molar-refractivity contribution in [1.82, 2.24) is 15.1 Å². The van der Waals surface area contributed by atoms with Gasteiger partial charge < -0.3 is 15.2 Å². The van der Waals surface area contributed by atoms with Crippen LogP contribution < -0.4 is 10.0 Å². The molecule has 0 saturated heterocycles. The fourth-order valence-corrected chi connectivity index (χ4v) is 6.11. The van der Waals surface area contributed by atoms with E-state index in [-0.39, 0.29) is 28.2 Å². The molecule has 1 aromatic heterocycles. The largest absolute Gasteiger partial charge is 0.392 e. The van der Waals surface area contributed by atoms with Crippen LogP contribution in [0.1, 0.15) is 16.1 Å². The van der Waals surface area contributed by atoms with E-state index in [0.29, 0.717) is 12.2 Å². The summed E-state index contributed by atoms with van der Waals surface area (Å²) in [6.07, 6.45) is 0. The van der Waals surface area contributed by atoms with E-state index in [9.17, 15) is 18.3 Å². The number of sulfonamides is 1. The average Bonchev–Trinajstić information content (AvgIpc) is 3.32. The number of fused-ring (bicyclic) bond motifs is 1. The lowest BCUT2D eigenvalue weighted by atomic mass is 10.0. The summed E-state index contributed by atoms with van der Waals surface area (Å²) in [5.41, 5.74) is -1.93. The highest BCUT2D eigenvalue weighted by atomic mass is 32.2. The Bertz CT molecular complexity index is 1760. The molecule has 1 heterocycles. The maximum absolute atomic E-state index is 16.1. The predicted octanol–water partition coefficient (Wildman–Crippen LogP) is 5.09. The van der Waals surface area contributed by atoms with Crippen LogP contribution in [-0.2, 0) is 28.1 Å². The Morgan fingerprint density at radius 3 is 2.48 bits per heavy atom. The van der Waals surface area contributed by atoms with Crippen molar-refractivity contribution in [2.24, 2.45) is 0 Å². The number of hydrogen-bond acceptors (Lipinski definition) is 6. The number of anilines is 1. The van der Waals surface area contributed by atoms with Gasteiger partial charge in [-0.05, 0) is 41.9 Å². The van der Waals surface area contributed by atoms with Crippen molar-refractivity contribution >= 4 is 40.6 Å². The third-order valence-corrected chi connectivity index (χ3v) is 9.57. The number of rotatable bonds is 11. The summed E-state index contributed by atoms with van der Waals surface area (Å²) in [7, 11) is -4.39. The van der Waals surface area contributed by atoms with Crippen molar-refractivity contribution in [3.05, 3.63) is 77.2 Å². The van der Waals surface area contributed by atoms with Gasteiger partial charge >= 0.3 is 0 Å². The van der Waals surface area contributed by atoms with Gasteiger partial charge in [-0.3, -0.25) is 9.52 Å². The van der Waals surface area contributed by atoms with Crippen molar-refractivity contribution in [3.8, 4) is 11.1 Å². The molecule has 224 valence electrons. The van der Waals surface area contributed by atoms with Crippen molar-refractivity contribution in [2.45, 2.75) is 43.9 Å². The van der Waals surface area contributed by atoms with Crippen LogP contribution in [0.5, 0.6) is 0 Å². The second-order valence-corrected chi connectivity index (χ2v) is 18.1. The van der Waals surface area contributed by atoms with Gasteiger partial charge in [-0.15, -0.1) is 0 Å². The maximum Gasteiger partial charge on any atom is 0.272 e. The van der Waals surface area contributed by atoms with Gasteiger partial charge in [-0.1, -0.05) is 37.8 Å². The molecule has 0 aliphatic rings. The number of hydrogen-bond donors (Lipinski definition) is 3. The van der Waals surface area contributed by atoms with Crippen LogP contribution in [0.3, 0.4) is 0 Å². The lowest BCUT2D eigenvalue weighted by molar-refractivity contribution is 0.0802. The Balaban J connectivity index is 1.79. The number of aromatic nitrogens is 2. The maximum atomic E-state index is 16.1. The lowest BCUT2D eigenvalue weighted by Crippen LogP contribution is -2.22. The summed E-state index contributed by atoms with van der Waals surface area (Å²) in [5.74, 6) is -4.15. The van der Waals surface area contributed by atoms with E-state index in [4.69, 9.17) is 4.74 Å². The zero-order valence-electron chi connectivity index (χ0n) is 23.5. The molecule has 1 amide bonds. The van der Waals surface area contributed by atoms with E-state index < -0.39 is 64.9 Å². The second-order valence-electron chi connectivity index (χ2n) is 10.8. The number of ether oxygens (including phenoxy) is 1. The number of aliphatic hydroxyl groups is 1. The molecule has 4 rings (SSSR count). The topological polar surface area (TPSA) is 123 Å². The molecule has 0 unspecified atom stereocenters. The minimum atomic E-state index is -4.35. The molecule has 14 heteroatoms. The van der Waals surface area contributed by atoms with Crippen molar-refractivity contribution in [1.29, 1.82) is 0 Å². The van der Waals surface area contributed by atoms with E-state index in [0.717, 1.165) is 28.9 Å². The third-order valence-electron chi connectivity index (χ3n) is 6.50. The van der Waals surface area contributed by atoms with Crippen molar-refractivity contribution < 1.29 is 36.2 Å². The summed E-state index contributed by atoms with van der Waals surface area (Å²) in [5, 5.41) is 16.1. The highest BCUT2D eigenvalue weighted by molar-refractivity contribution is 7.92. The Kier molecular flexibility index (Phi) is 9.11. The molecule has 0 saturated carbocycles. The predicted molar refractivity (Wildman–Crippen MR) is 156 cm³/mol. The van der Waals surface area contributed by atoms with E-state index >= 15 is 13.2 Å². The van der Waals surface area contributed by atoms with Crippen LogP contribution >= 0.6 is 0 Å². The van der Waals surface area contributed by atoms with Crippen molar-refractivity contribution in [2.75, 3.05) is 18.4 Å².